The second-order valence-electron chi connectivity index (χ2n) is 4.73. The van der Waals surface area contributed by atoms with Crippen molar-refractivity contribution in [3.05, 3.63) is 41.6 Å². The molecule has 2 rings (SSSR count). The molecule has 1 aliphatic heterocycles. The van der Waals surface area contributed by atoms with Crippen LogP contribution in [0.5, 0.6) is 0 Å². The molecule has 0 N–H and O–H groups in total. The lowest BCUT2D eigenvalue weighted by molar-refractivity contribution is 0.847. The summed E-state index contributed by atoms with van der Waals surface area (Å²) in [6.07, 6.45) is 6.78. The minimum Gasteiger partial charge on any atom is -0.348 e. The van der Waals surface area contributed by atoms with Gasteiger partial charge < -0.3 is 4.90 Å². The van der Waals surface area contributed by atoms with Crippen LogP contribution in [0, 0.1) is 0 Å². The number of rotatable bonds is 3. The molecule has 0 saturated carbocycles. The van der Waals surface area contributed by atoms with Gasteiger partial charge in [-0.25, -0.2) is 0 Å². The van der Waals surface area contributed by atoms with E-state index in [9.17, 15) is 0 Å². The molecule has 0 fully saturated rings. The highest BCUT2D eigenvalue weighted by molar-refractivity contribution is 5.63. The van der Waals surface area contributed by atoms with Crippen LogP contribution < -0.4 is 4.90 Å². The molecule has 1 nitrogen and oxygen atoms in total. The number of nitrogens with zero attached hydrogens (tertiary/aromatic N) is 1. The summed E-state index contributed by atoms with van der Waals surface area (Å²) in [5.74, 6) is 0.593. The number of aryl methyl sites for hydroxylation is 1. The first-order valence-electron chi connectivity index (χ1n) is 6.29. The van der Waals surface area contributed by atoms with Crippen molar-refractivity contribution in [2.24, 2.45) is 0 Å². The third-order valence-electron chi connectivity index (χ3n) is 3.26. The molecule has 0 aliphatic carbocycles. The average molecular weight is 215 g/mol. The third kappa shape index (κ3) is 1.99. The summed E-state index contributed by atoms with van der Waals surface area (Å²) < 4.78 is 0. The van der Waals surface area contributed by atoms with Crippen LogP contribution in [-0.2, 0) is 6.42 Å². The topological polar surface area (TPSA) is 3.24 Å². The Morgan fingerprint density at radius 3 is 2.69 bits per heavy atom. The zero-order valence-electron chi connectivity index (χ0n) is 10.5. The first-order chi connectivity index (χ1) is 7.74. The summed E-state index contributed by atoms with van der Waals surface area (Å²) in [5.41, 5.74) is 4.40. The molecular formula is C15H21N. The van der Waals surface area contributed by atoms with E-state index in [1.54, 1.807) is 0 Å². The maximum atomic E-state index is 2.41. The molecule has 0 radical (unpaired) electrons. The Morgan fingerprint density at radius 1 is 1.31 bits per heavy atom. The van der Waals surface area contributed by atoms with Gasteiger partial charge in [-0.2, -0.15) is 0 Å². The Bertz CT molecular complexity index is 390. The SMILES string of the molecule is CCc1cccc(C(C)C)c1N1C=CCC1. The molecule has 0 bridgehead atoms. The fourth-order valence-corrected chi connectivity index (χ4v) is 2.39. The minimum atomic E-state index is 0.593. The van der Waals surface area contributed by atoms with Gasteiger partial charge in [0.15, 0.2) is 0 Å². The van der Waals surface area contributed by atoms with E-state index in [0.29, 0.717) is 5.92 Å². The predicted octanol–water partition coefficient (Wildman–Crippen LogP) is 4.10. The van der Waals surface area contributed by atoms with Crippen molar-refractivity contribution >= 4 is 5.69 Å². The van der Waals surface area contributed by atoms with Gasteiger partial charge in [0.1, 0.15) is 0 Å². The van der Waals surface area contributed by atoms with Gasteiger partial charge in [0.2, 0.25) is 0 Å². The molecule has 86 valence electrons. The molecular weight excluding hydrogens is 194 g/mol. The zero-order valence-corrected chi connectivity index (χ0v) is 10.5. The van der Waals surface area contributed by atoms with E-state index in [1.807, 2.05) is 0 Å². The normalized spacial score (nSPS) is 15.1. The van der Waals surface area contributed by atoms with Crippen molar-refractivity contribution in [2.75, 3.05) is 11.4 Å². The van der Waals surface area contributed by atoms with E-state index in [4.69, 9.17) is 0 Å². The summed E-state index contributed by atoms with van der Waals surface area (Å²) in [5, 5.41) is 0. The highest BCUT2D eigenvalue weighted by Crippen LogP contribution is 2.33. The van der Waals surface area contributed by atoms with E-state index in [0.717, 1.165) is 13.0 Å². The highest BCUT2D eigenvalue weighted by Gasteiger charge is 2.16. The summed E-state index contributed by atoms with van der Waals surface area (Å²) in [6, 6.07) is 6.72. The molecule has 0 spiro atoms. The summed E-state index contributed by atoms with van der Waals surface area (Å²) in [6.45, 7) is 7.93. The van der Waals surface area contributed by atoms with Crippen molar-refractivity contribution in [3.8, 4) is 0 Å². The second-order valence-corrected chi connectivity index (χ2v) is 4.73. The lowest BCUT2D eigenvalue weighted by atomic mass is 9.96. The first-order valence-corrected chi connectivity index (χ1v) is 6.29. The molecule has 1 heteroatoms. The van der Waals surface area contributed by atoms with Crippen molar-refractivity contribution in [1.29, 1.82) is 0 Å². The van der Waals surface area contributed by atoms with Gasteiger partial charge in [-0.3, -0.25) is 0 Å². The molecule has 1 aromatic rings. The van der Waals surface area contributed by atoms with Crippen LogP contribution in [0.1, 0.15) is 44.2 Å². The van der Waals surface area contributed by atoms with Gasteiger partial charge in [0.05, 0.1) is 0 Å². The number of benzene rings is 1. The number of hydrogen-bond acceptors (Lipinski definition) is 1. The Morgan fingerprint density at radius 2 is 2.12 bits per heavy atom. The quantitative estimate of drug-likeness (QED) is 0.734. The number of para-hydroxylation sites is 1. The van der Waals surface area contributed by atoms with Crippen LogP contribution in [0.4, 0.5) is 5.69 Å². The maximum absolute atomic E-state index is 2.41. The second kappa shape index (κ2) is 4.73. The molecule has 1 aliphatic rings. The Labute approximate surface area is 98.8 Å². The Kier molecular flexibility index (Phi) is 3.33. The van der Waals surface area contributed by atoms with Crippen LogP contribution in [0.2, 0.25) is 0 Å². The predicted molar refractivity (Wildman–Crippen MR) is 71.0 cm³/mol. The summed E-state index contributed by atoms with van der Waals surface area (Å²) in [4.78, 5) is 2.41. The minimum absolute atomic E-state index is 0.593. The molecule has 0 amide bonds. The lowest BCUT2D eigenvalue weighted by Crippen LogP contribution is -2.16. The summed E-state index contributed by atoms with van der Waals surface area (Å²) >= 11 is 0. The van der Waals surface area contributed by atoms with Crippen molar-refractivity contribution in [2.45, 2.75) is 39.5 Å². The lowest BCUT2D eigenvalue weighted by Gasteiger charge is -2.24. The fraction of sp³-hybridized carbons (Fsp3) is 0.467. The van der Waals surface area contributed by atoms with Gasteiger partial charge in [-0.05, 0) is 29.9 Å². The van der Waals surface area contributed by atoms with Crippen molar-refractivity contribution in [1.82, 2.24) is 0 Å². The van der Waals surface area contributed by atoms with Gasteiger partial charge in [-0.15, -0.1) is 0 Å². The smallest absolute Gasteiger partial charge is 0.0473 e. The fourth-order valence-electron chi connectivity index (χ4n) is 2.39. The summed E-state index contributed by atoms with van der Waals surface area (Å²) in [7, 11) is 0. The van der Waals surface area contributed by atoms with Crippen molar-refractivity contribution in [3.63, 3.8) is 0 Å². The molecule has 1 heterocycles. The van der Waals surface area contributed by atoms with Gasteiger partial charge in [0, 0.05) is 18.4 Å². The highest BCUT2D eigenvalue weighted by atomic mass is 15.1. The first kappa shape index (κ1) is 11.3. The molecule has 16 heavy (non-hydrogen) atoms. The van der Waals surface area contributed by atoms with Gasteiger partial charge in [-0.1, -0.05) is 45.0 Å². The Balaban J connectivity index is 2.49. The monoisotopic (exact) mass is 215 g/mol. The van der Waals surface area contributed by atoms with Crippen LogP contribution >= 0.6 is 0 Å². The maximum Gasteiger partial charge on any atom is 0.0473 e. The molecule has 0 aromatic heterocycles. The average Bonchev–Trinajstić information content (AvgIpc) is 2.81. The third-order valence-corrected chi connectivity index (χ3v) is 3.26. The Hall–Kier alpha value is -1.24. The van der Waals surface area contributed by atoms with E-state index < -0.39 is 0 Å². The number of anilines is 1. The van der Waals surface area contributed by atoms with Crippen LogP contribution in [0.3, 0.4) is 0 Å². The van der Waals surface area contributed by atoms with Gasteiger partial charge >= 0.3 is 0 Å². The largest absolute Gasteiger partial charge is 0.348 e. The zero-order chi connectivity index (χ0) is 11.5. The van der Waals surface area contributed by atoms with Gasteiger partial charge in [0.25, 0.3) is 0 Å². The van der Waals surface area contributed by atoms with Crippen LogP contribution in [0.25, 0.3) is 0 Å². The molecule has 0 atom stereocenters. The molecule has 0 saturated heterocycles. The molecule has 1 aromatic carbocycles. The van der Waals surface area contributed by atoms with Crippen LogP contribution in [-0.4, -0.2) is 6.54 Å². The van der Waals surface area contributed by atoms with E-state index in [2.05, 4.69) is 56.1 Å². The standard InChI is InChI=1S/C15H21N/c1-4-13-8-7-9-14(12(2)3)15(13)16-10-5-6-11-16/h5,7-10,12H,4,6,11H2,1-3H3. The number of hydrogen-bond donors (Lipinski definition) is 0. The van der Waals surface area contributed by atoms with Crippen molar-refractivity contribution < 1.29 is 0 Å². The molecule has 0 unspecified atom stereocenters. The van der Waals surface area contributed by atoms with E-state index in [1.165, 1.54) is 23.2 Å². The van der Waals surface area contributed by atoms with E-state index in [-0.39, 0.29) is 0 Å². The van der Waals surface area contributed by atoms with E-state index >= 15 is 0 Å². The van der Waals surface area contributed by atoms with Crippen LogP contribution in [0.15, 0.2) is 30.5 Å².